The lowest BCUT2D eigenvalue weighted by atomic mass is 9.99. The highest BCUT2D eigenvalue weighted by molar-refractivity contribution is 5.76. The molecule has 4 heteroatoms. The molecule has 0 unspecified atom stereocenters. The minimum absolute atomic E-state index is 0.0376. The Morgan fingerprint density at radius 1 is 1.12 bits per heavy atom. The van der Waals surface area contributed by atoms with E-state index in [1.807, 2.05) is 13.8 Å². The molecule has 0 saturated carbocycles. The molecule has 1 N–H and O–H groups in total. The van der Waals surface area contributed by atoms with Gasteiger partial charge in [0.25, 0.3) is 0 Å². The highest BCUT2D eigenvalue weighted by Gasteiger charge is 2.09. The van der Waals surface area contributed by atoms with Gasteiger partial charge in [0.2, 0.25) is 5.91 Å². The molecule has 0 bridgehead atoms. The first-order chi connectivity index (χ1) is 7.81. The zero-order chi connectivity index (χ0) is 13.3. The van der Waals surface area contributed by atoms with Crippen LogP contribution in [0.5, 0.6) is 0 Å². The molecule has 0 aromatic carbocycles. The topological polar surface area (TPSA) is 47.6 Å². The van der Waals surface area contributed by atoms with Crippen LogP contribution in [0.15, 0.2) is 0 Å². The quantitative estimate of drug-likeness (QED) is 0.665. The van der Waals surface area contributed by atoms with Crippen molar-refractivity contribution < 1.29 is 14.3 Å². The highest BCUT2D eigenvalue weighted by Crippen LogP contribution is 2.12. The number of carbonyl (C=O) groups is 1. The van der Waals surface area contributed by atoms with Gasteiger partial charge in [0, 0.05) is 12.5 Å². The first-order valence-electron chi connectivity index (χ1n) is 6.26. The number of rotatable bonds is 8. The Kier molecular flexibility index (Phi) is 8.17. The summed E-state index contributed by atoms with van der Waals surface area (Å²) in [5.41, 5.74) is 0.192. The van der Waals surface area contributed by atoms with E-state index in [2.05, 4.69) is 26.1 Å². The minimum Gasteiger partial charge on any atom is -0.379 e. The van der Waals surface area contributed by atoms with Gasteiger partial charge >= 0.3 is 0 Å². The fourth-order valence-corrected chi connectivity index (χ4v) is 1.16. The van der Waals surface area contributed by atoms with E-state index < -0.39 is 0 Å². The van der Waals surface area contributed by atoms with Crippen molar-refractivity contribution in [3.63, 3.8) is 0 Å². The Balaban J connectivity index is 3.27. The second-order valence-corrected chi connectivity index (χ2v) is 5.70. The number of hydrogen-bond acceptors (Lipinski definition) is 3. The Morgan fingerprint density at radius 2 is 1.71 bits per heavy atom. The first kappa shape index (κ1) is 16.4. The van der Waals surface area contributed by atoms with Gasteiger partial charge in [-0.05, 0) is 19.3 Å². The largest absolute Gasteiger partial charge is 0.379 e. The fourth-order valence-electron chi connectivity index (χ4n) is 1.16. The molecule has 0 aliphatic carbocycles. The van der Waals surface area contributed by atoms with Crippen LogP contribution in [0.1, 0.15) is 41.0 Å². The van der Waals surface area contributed by atoms with Crippen molar-refractivity contribution in [1.29, 1.82) is 0 Å². The molecular weight excluding hydrogens is 218 g/mol. The summed E-state index contributed by atoms with van der Waals surface area (Å²) in [5, 5.41) is 2.81. The summed E-state index contributed by atoms with van der Waals surface area (Å²) < 4.78 is 10.8. The maximum absolute atomic E-state index is 11.3. The summed E-state index contributed by atoms with van der Waals surface area (Å²) in [6.45, 7) is 12.6. The van der Waals surface area contributed by atoms with E-state index in [0.29, 0.717) is 26.2 Å². The molecule has 102 valence electrons. The molecule has 0 aliphatic rings. The van der Waals surface area contributed by atoms with Gasteiger partial charge in [-0.15, -0.1) is 0 Å². The number of amides is 1. The average Bonchev–Trinajstić information content (AvgIpc) is 2.13. The van der Waals surface area contributed by atoms with Crippen molar-refractivity contribution in [3.8, 4) is 0 Å². The number of carbonyl (C=O) groups excluding carboxylic acids is 1. The normalized spacial score (nSPS) is 11.9. The molecule has 0 saturated heterocycles. The minimum atomic E-state index is 0.0376. The van der Waals surface area contributed by atoms with Crippen LogP contribution in [0.4, 0.5) is 0 Å². The van der Waals surface area contributed by atoms with E-state index in [1.54, 1.807) is 0 Å². The standard InChI is InChI=1S/C13H27NO3/c1-11(2)14-12(15)6-7-16-8-9-17-10-13(3,4)5/h11H,6-10H2,1-5H3,(H,14,15). The summed E-state index contributed by atoms with van der Waals surface area (Å²) in [7, 11) is 0. The van der Waals surface area contributed by atoms with Gasteiger partial charge in [-0.1, -0.05) is 20.8 Å². The molecular formula is C13H27NO3. The fraction of sp³-hybridized carbons (Fsp3) is 0.923. The first-order valence-corrected chi connectivity index (χ1v) is 6.26. The van der Waals surface area contributed by atoms with E-state index in [1.165, 1.54) is 0 Å². The van der Waals surface area contributed by atoms with Gasteiger partial charge in [-0.2, -0.15) is 0 Å². The van der Waals surface area contributed by atoms with Crippen molar-refractivity contribution in [1.82, 2.24) is 5.32 Å². The third-order valence-corrected chi connectivity index (χ3v) is 1.83. The van der Waals surface area contributed by atoms with E-state index >= 15 is 0 Å². The lowest BCUT2D eigenvalue weighted by Crippen LogP contribution is -2.30. The van der Waals surface area contributed by atoms with E-state index in [4.69, 9.17) is 9.47 Å². The molecule has 0 fully saturated rings. The summed E-state index contributed by atoms with van der Waals surface area (Å²) >= 11 is 0. The van der Waals surface area contributed by atoms with Crippen LogP contribution < -0.4 is 5.32 Å². The Labute approximate surface area is 105 Å². The number of nitrogens with one attached hydrogen (secondary N) is 1. The second kappa shape index (κ2) is 8.48. The third-order valence-electron chi connectivity index (χ3n) is 1.83. The van der Waals surface area contributed by atoms with E-state index in [9.17, 15) is 4.79 Å². The summed E-state index contributed by atoms with van der Waals surface area (Å²) in [5.74, 6) is 0.0376. The van der Waals surface area contributed by atoms with Gasteiger partial charge < -0.3 is 14.8 Å². The second-order valence-electron chi connectivity index (χ2n) is 5.70. The molecule has 17 heavy (non-hydrogen) atoms. The zero-order valence-electron chi connectivity index (χ0n) is 11.8. The molecule has 0 rings (SSSR count). The maximum Gasteiger partial charge on any atom is 0.222 e. The molecule has 0 atom stereocenters. The van der Waals surface area contributed by atoms with E-state index in [-0.39, 0.29) is 17.4 Å². The SMILES string of the molecule is CC(C)NC(=O)CCOCCOCC(C)(C)C. The Bertz CT molecular complexity index is 209. The van der Waals surface area contributed by atoms with Gasteiger partial charge in [-0.25, -0.2) is 0 Å². The van der Waals surface area contributed by atoms with Crippen LogP contribution in [-0.2, 0) is 14.3 Å². The molecule has 0 aromatic rings. The molecule has 4 nitrogen and oxygen atoms in total. The van der Waals surface area contributed by atoms with Crippen molar-refractivity contribution in [2.45, 2.75) is 47.1 Å². The molecule has 0 radical (unpaired) electrons. The lowest BCUT2D eigenvalue weighted by molar-refractivity contribution is -0.122. The summed E-state index contributed by atoms with van der Waals surface area (Å²) in [6, 6.07) is 0.192. The van der Waals surface area contributed by atoms with Crippen molar-refractivity contribution >= 4 is 5.91 Å². The monoisotopic (exact) mass is 245 g/mol. The number of hydrogen-bond donors (Lipinski definition) is 1. The smallest absolute Gasteiger partial charge is 0.222 e. The van der Waals surface area contributed by atoms with Gasteiger partial charge in [0.15, 0.2) is 0 Å². The van der Waals surface area contributed by atoms with Crippen molar-refractivity contribution in [2.24, 2.45) is 5.41 Å². The molecule has 0 spiro atoms. The van der Waals surface area contributed by atoms with Crippen LogP contribution in [0.25, 0.3) is 0 Å². The third kappa shape index (κ3) is 13.3. The highest BCUT2D eigenvalue weighted by atomic mass is 16.5. The van der Waals surface area contributed by atoms with Crippen LogP contribution in [0.2, 0.25) is 0 Å². The molecule has 0 aliphatic heterocycles. The van der Waals surface area contributed by atoms with Crippen LogP contribution in [0.3, 0.4) is 0 Å². The lowest BCUT2D eigenvalue weighted by Gasteiger charge is -2.17. The van der Waals surface area contributed by atoms with Crippen LogP contribution in [-0.4, -0.2) is 38.4 Å². The Morgan fingerprint density at radius 3 is 2.24 bits per heavy atom. The molecule has 0 heterocycles. The van der Waals surface area contributed by atoms with E-state index in [0.717, 1.165) is 6.61 Å². The van der Waals surface area contributed by atoms with Gasteiger partial charge in [0.05, 0.1) is 26.4 Å². The number of ether oxygens (including phenoxy) is 2. The molecule has 1 amide bonds. The summed E-state index contributed by atoms with van der Waals surface area (Å²) in [6.07, 6.45) is 0.414. The van der Waals surface area contributed by atoms with Crippen LogP contribution in [0, 0.1) is 5.41 Å². The average molecular weight is 245 g/mol. The maximum atomic E-state index is 11.3. The van der Waals surface area contributed by atoms with Crippen molar-refractivity contribution in [3.05, 3.63) is 0 Å². The van der Waals surface area contributed by atoms with Crippen molar-refractivity contribution in [2.75, 3.05) is 26.4 Å². The predicted molar refractivity (Wildman–Crippen MR) is 69.0 cm³/mol. The summed E-state index contributed by atoms with van der Waals surface area (Å²) in [4.78, 5) is 11.3. The predicted octanol–water partition coefficient (Wildman–Crippen LogP) is 1.98. The van der Waals surface area contributed by atoms with Gasteiger partial charge in [0.1, 0.15) is 0 Å². The van der Waals surface area contributed by atoms with Gasteiger partial charge in [-0.3, -0.25) is 4.79 Å². The zero-order valence-corrected chi connectivity index (χ0v) is 11.8. The molecule has 0 aromatic heterocycles. The van der Waals surface area contributed by atoms with Crippen LogP contribution >= 0.6 is 0 Å². The Hall–Kier alpha value is -0.610.